The van der Waals surface area contributed by atoms with E-state index in [2.05, 4.69) is 5.32 Å². The zero-order valence-corrected chi connectivity index (χ0v) is 16.9. The maximum absolute atomic E-state index is 14.0. The molecule has 1 atom stereocenters. The van der Waals surface area contributed by atoms with Gasteiger partial charge in [-0.2, -0.15) is 0 Å². The molecule has 31 heavy (non-hydrogen) atoms. The van der Waals surface area contributed by atoms with Crippen LogP contribution in [-0.2, 0) is 11.2 Å². The van der Waals surface area contributed by atoms with Crippen molar-refractivity contribution in [1.82, 2.24) is 10.2 Å². The van der Waals surface area contributed by atoms with Gasteiger partial charge in [0.15, 0.2) is 0 Å². The molecule has 1 heterocycles. The normalized spacial score (nSPS) is 16.5. The first kappa shape index (κ1) is 20.7. The Labute approximate surface area is 179 Å². The first-order valence-electron chi connectivity index (χ1n) is 10.2. The first-order valence-corrected chi connectivity index (χ1v) is 10.2. The average molecular weight is 420 g/mol. The summed E-state index contributed by atoms with van der Waals surface area (Å²) in [6.07, 6.45) is 0.441. The Balaban J connectivity index is 1.49. The molecule has 0 spiro atoms. The second-order valence-corrected chi connectivity index (χ2v) is 7.63. The van der Waals surface area contributed by atoms with E-state index in [0.717, 1.165) is 11.1 Å². The highest BCUT2D eigenvalue weighted by Gasteiger charge is 2.28. The van der Waals surface area contributed by atoms with Crippen molar-refractivity contribution in [2.45, 2.75) is 6.42 Å². The predicted octanol–water partition coefficient (Wildman–Crippen LogP) is 4.06. The van der Waals surface area contributed by atoms with E-state index in [1.165, 1.54) is 24.3 Å². The van der Waals surface area contributed by atoms with Gasteiger partial charge >= 0.3 is 0 Å². The third kappa shape index (κ3) is 4.79. The fourth-order valence-corrected chi connectivity index (χ4v) is 3.84. The summed E-state index contributed by atoms with van der Waals surface area (Å²) in [5, 5.41) is 2.85. The lowest BCUT2D eigenvalue weighted by Gasteiger charge is -2.23. The molecule has 0 aromatic heterocycles. The number of carbonyl (C=O) groups excluding carboxylic acids is 2. The van der Waals surface area contributed by atoms with Gasteiger partial charge in [0.25, 0.3) is 5.91 Å². The van der Waals surface area contributed by atoms with E-state index in [1.54, 1.807) is 29.2 Å². The smallest absolute Gasteiger partial charge is 0.254 e. The summed E-state index contributed by atoms with van der Waals surface area (Å²) in [7, 11) is 0. The third-order valence-electron chi connectivity index (χ3n) is 5.47. The zero-order valence-electron chi connectivity index (χ0n) is 16.9. The van der Waals surface area contributed by atoms with Crippen LogP contribution in [0.15, 0.2) is 72.8 Å². The van der Waals surface area contributed by atoms with Crippen LogP contribution < -0.4 is 5.32 Å². The first-order chi connectivity index (χ1) is 15.0. The van der Waals surface area contributed by atoms with Crippen LogP contribution in [0.3, 0.4) is 0 Å². The van der Waals surface area contributed by atoms with Crippen molar-refractivity contribution >= 4 is 11.8 Å². The molecule has 1 fully saturated rings. The third-order valence-corrected chi connectivity index (χ3v) is 5.47. The van der Waals surface area contributed by atoms with Crippen molar-refractivity contribution in [2.75, 3.05) is 19.6 Å². The second-order valence-electron chi connectivity index (χ2n) is 7.63. The van der Waals surface area contributed by atoms with Gasteiger partial charge in [0.2, 0.25) is 5.91 Å². The summed E-state index contributed by atoms with van der Waals surface area (Å²) in [5.41, 5.74) is 2.46. The second kappa shape index (κ2) is 9.08. The van der Waals surface area contributed by atoms with E-state index in [4.69, 9.17) is 0 Å². The number of benzene rings is 3. The lowest BCUT2D eigenvalue weighted by Crippen LogP contribution is -2.37. The van der Waals surface area contributed by atoms with Gasteiger partial charge in [-0.25, -0.2) is 8.78 Å². The fourth-order valence-electron chi connectivity index (χ4n) is 3.84. The number of hydrogen-bond acceptors (Lipinski definition) is 2. The quantitative estimate of drug-likeness (QED) is 0.692. The minimum absolute atomic E-state index is 0.118. The highest BCUT2D eigenvalue weighted by Crippen LogP contribution is 2.24. The predicted molar refractivity (Wildman–Crippen MR) is 114 cm³/mol. The van der Waals surface area contributed by atoms with E-state index < -0.39 is 11.7 Å². The molecule has 3 aromatic carbocycles. The van der Waals surface area contributed by atoms with Gasteiger partial charge in [0, 0.05) is 30.8 Å². The van der Waals surface area contributed by atoms with Crippen LogP contribution in [0.5, 0.6) is 0 Å². The SMILES string of the molecule is O=C1NCCN(C(=O)c2cccc(F)c2)C[C@@H]1Cc1ccc(-c2ccccc2F)cc1. The molecule has 2 amide bonds. The molecule has 1 aliphatic rings. The summed E-state index contributed by atoms with van der Waals surface area (Å²) in [4.78, 5) is 27.0. The van der Waals surface area contributed by atoms with Crippen LogP contribution in [0.1, 0.15) is 15.9 Å². The standard InChI is InChI=1S/C25H22F2N2O2/c26-21-5-3-4-19(15-21)25(31)29-13-12-28-24(30)20(16-29)14-17-8-10-18(11-9-17)22-6-1-2-7-23(22)27/h1-11,15,20H,12-14,16H2,(H,28,30)/t20-/m0/s1. The Kier molecular flexibility index (Phi) is 6.07. The van der Waals surface area contributed by atoms with E-state index in [1.807, 2.05) is 24.3 Å². The molecule has 4 rings (SSSR count). The lowest BCUT2D eigenvalue weighted by molar-refractivity contribution is -0.124. The minimum Gasteiger partial charge on any atom is -0.354 e. The molecule has 0 unspecified atom stereocenters. The number of hydrogen-bond donors (Lipinski definition) is 1. The number of nitrogens with zero attached hydrogens (tertiary/aromatic N) is 1. The van der Waals surface area contributed by atoms with Crippen LogP contribution in [0.4, 0.5) is 8.78 Å². The summed E-state index contributed by atoms with van der Waals surface area (Å²) in [6, 6.07) is 19.5. The molecule has 0 bridgehead atoms. The number of nitrogens with one attached hydrogen (secondary N) is 1. The van der Waals surface area contributed by atoms with Crippen molar-refractivity contribution in [3.8, 4) is 11.1 Å². The largest absolute Gasteiger partial charge is 0.354 e. The van der Waals surface area contributed by atoms with Crippen LogP contribution in [0, 0.1) is 17.6 Å². The molecular weight excluding hydrogens is 398 g/mol. The number of halogens is 2. The minimum atomic E-state index is -0.471. The van der Waals surface area contributed by atoms with Crippen LogP contribution >= 0.6 is 0 Å². The summed E-state index contributed by atoms with van der Waals surface area (Å²) in [5.74, 6) is -1.60. The van der Waals surface area contributed by atoms with Crippen molar-refractivity contribution in [3.05, 3.63) is 95.6 Å². The molecular formula is C25H22F2N2O2. The van der Waals surface area contributed by atoms with Gasteiger partial charge < -0.3 is 10.2 Å². The molecule has 4 nitrogen and oxygen atoms in total. The summed E-state index contributed by atoms with van der Waals surface area (Å²) in [6.45, 7) is 0.961. The average Bonchev–Trinajstić information content (AvgIpc) is 2.96. The molecule has 1 aliphatic heterocycles. The van der Waals surface area contributed by atoms with E-state index in [-0.39, 0.29) is 29.7 Å². The highest BCUT2D eigenvalue weighted by molar-refractivity contribution is 5.95. The van der Waals surface area contributed by atoms with Crippen molar-refractivity contribution in [1.29, 1.82) is 0 Å². The van der Waals surface area contributed by atoms with Crippen molar-refractivity contribution in [2.24, 2.45) is 5.92 Å². The van der Waals surface area contributed by atoms with Crippen LogP contribution in [0.25, 0.3) is 11.1 Å². The van der Waals surface area contributed by atoms with Gasteiger partial charge in [0.1, 0.15) is 11.6 Å². The molecule has 0 aliphatic carbocycles. The van der Waals surface area contributed by atoms with Gasteiger partial charge in [-0.15, -0.1) is 0 Å². The molecule has 6 heteroatoms. The number of carbonyl (C=O) groups is 2. The maximum atomic E-state index is 14.0. The Hall–Kier alpha value is -3.54. The molecule has 158 valence electrons. The molecule has 0 radical (unpaired) electrons. The molecule has 3 aromatic rings. The number of amides is 2. The highest BCUT2D eigenvalue weighted by atomic mass is 19.1. The fraction of sp³-hybridized carbons (Fsp3) is 0.200. The van der Waals surface area contributed by atoms with Crippen molar-refractivity contribution < 1.29 is 18.4 Å². The molecule has 1 saturated heterocycles. The van der Waals surface area contributed by atoms with E-state index >= 15 is 0 Å². The topological polar surface area (TPSA) is 49.4 Å². The van der Waals surface area contributed by atoms with E-state index in [9.17, 15) is 18.4 Å². The molecule has 1 N–H and O–H groups in total. The Morgan fingerprint density at radius 3 is 2.52 bits per heavy atom. The van der Waals surface area contributed by atoms with Crippen molar-refractivity contribution in [3.63, 3.8) is 0 Å². The lowest BCUT2D eigenvalue weighted by atomic mass is 9.95. The van der Waals surface area contributed by atoms with Gasteiger partial charge in [-0.05, 0) is 41.8 Å². The number of rotatable bonds is 4. The molecule has 0 saturated carbocycles. The summed E-state index contributed by atoms with van der Waals surface area (Å²) < 4.78 is 27.5. The zero-order chi connectivity index (χ0) is 21.8. The van der Waals surface area contributed by atoms with Gasteiger partial charge in [0.05, 0.1) is 5.92 Å². The Bertz CT molecular complexity index is 1100. The van der Waals surface area contributed by atoms with Gasteiger partial charge in [-0.1, -0.05) is 48.5 Å². The van der Waals surface area contributed by atoms with Gasteiger partial charge in [-0.3, -0.25) is 9.59 Å². The Morgan fingerprint density at radius 1 is 1.00 bits per heavy atom. The Morgan fingerprint density at radius 2 is 1.77 bits per heavy atom. The van der Waals surface area contributed by atoms with E-state index in [0.29, 0.717) is 25.1 Å². The van der Waals surface area contributed by atoms with Crippen LogP contribution in [0.2, 0.25) is 0 Å². The maximum Gasteiger partial charge on any atom is 0.254 e. The summed E-state index contributed by atoms with van der Waals surface area (Å²) >= 11 is 0. The van der Waals surface area contributed by atoms with Crippen LogP contribution in [-0.4, -0.2) is 36.3 Å². The monoisotopic (exact) mass is 420 g/mol.